The fraction of sp³-hybridized carbons (Fsp3) is 0.367. The van der Waals surface area contributed by atoms with Gasteiger partial charge in [0.15, 0.2) is 0 Å². The maximum Gasteiger partial charge on any atom is 0.325 e. The number of unbranched alkanes of at least 4 members (excludes halogenated alkanes) is 1. The average molecular weight is 1170 g/mol. The largest absolute Gasteiger partial charge is 0.491 e. The molecule has 10 rings (SSSR count). The molecule has 4 fully saturated rings. The van der Waals surface area contributed by atoms with Crippen LogP contribution in [0.2, 0.25) is 0 Å². The van der Waals surface area contributed by atoms with E-state index in [1.54, 1.807) is 47.4 Å². The summed E-state index contributed by atoms with van der Waals surface area (Å²) in [5.41, 5.74) is 2.06. The average Bonchev–Trinajstić information content (AvgIpc) is 2.61. The molecule has 0 unspecified atom stereocenters. The molecule has 4 saturated heterocycles. The number of anilines is 1. The minimum absolute atomic E-state index is 0.0441. The summed E-state index contributed by atoms with van der Waals surface area (Å²) in [6.07, 6.45) is 2.65. The number of aliphatic hydroxyl groups excluding tert-OH is 1. The number of benzene rings is 5. The van der Waals surface area contributed by atoms with Gasteiger partial charge < -0.3 is 49.2 Å². The molecule has 10 atom stereocenters. The Labute approximate surface area is 466 Å². The van der Waals surface area contributed by atoms with E-state index in [9.17, 15) is 29.1 Å². The lowest BCUT2D eigenvalue weighted by Crippen LogP contribution is -2.61. The van der Waals surface area contributed by atoms with Crippen molar-refractivity contribution in [3.63, 3.8) is 0 Å². The summed E-state index contributed by atoms with van der Waals surface area (Å²) in [5, 5.41) is 15.4. The van der Waals surface area contributed by atoms with Gasteiger partial charge in [-0.15, -0.1) is 0 Å². The summed E-state index contributed by atoms with van der Waals surface area (Å²) in [6.45, 7) is 4.04. The topological polar surface area (TPSA) is 203 Å². The summed E-state index contributed by atoms with van der Waals surface area (Å²) in [7, 11) is 3.96. The number of carbonyl (C=O) groups is 6. The molecule has 5 aliphatic rings. The predicted octanol–water partition coefficient (Wildman–Crippen LogP) is 6.77. The molecular formula is C60H62IN5O12. The lowest BCUT2D eigenvalue weighted by atomic mass is 9.65. The molecule has 5 heterocycles. The monoisotopic (exact) mass is 1170 g/mol. The number of fused-ring (bicyclic) bond motifs is 4. The first-order valence-electron chi connectivity index (χ1n) is 26.3. The van der Waals surface area contributed by atoms with Gasteiger partial charge in [0.2, 0.25) is 17.7 Å². The van der Waals surface area contributed by atoms with Gasteiger partial charge >= 0.3 is 17.9 Å². The lowest BCUT2D eigenvalue weighted by Gasteiger charge is -2.46. The molecule has 0 bridgehead atoms. The zero-order valence-corrected chi connectivity index (χ0v) is 45.5. The molecule has 5 aliphatic heterocycles. The summed E-state index contributed by atoms with van der Waals surface area (Å²) in [5.74, 6) is -4.53. The third kappa shape index (κ3) is 10.3. The van der Waals surface area contributed by atoms with Gasteiger partial charge in [-0.25, -0.2) is 0 Å². The molecule has 3 N–H and O–H groups in total. The lowest BCUT2D eigenvalue weighted by molar-refractivity contribution is -0.180. The number of hydrogen-bond donors (Lipinski definition) is 3. The van der Waals surface area contributed by atoms with E-state index < -0.39 is 83.4 Å². The van der Waals surface area contributed by atoms with Gasteiger partial charge in [-0.2, -0.15) is 0 Å². The van der Waals surface area contributed by atoms with E-state index in [4.69, 9.17) is 23.7 Å². The van der Waals surface area contributed by atoms with E-state index in [1.807, 2.05) is 104 Å². The van der Waals surface area contributed by atoms with Crippen LogP contribution in [0.15, 0.2) is 140 Å². The number of piperazine rings is 1. The van der Waals surface area contributed by atoms with Gasteiger partial charge in [-0.05, 0) is 139 Å². The Kier molecular flexibility index (Phi) is 16.3. The number of esters is 3. The number of amides is 3. The molecule has 0 radical (unpaired) electrons. The molecule has 406 valence electrons. The second-order valence-corrected chi connectivity index (χ2v) is 21.7. The van der Waals surface area contributed by atoms with Crippen LogP contribution < -0.4 is 20.1 Å². The summed E-state index contributed by atoms with van der Waals surface area (Å²) >= 11 is 2.18. The molecule has 0 saturated carbocycles. The Morgan fingerprint density at radius 3 is 2.22 bits per heavy atom. The van der Waals surface area contributed by atoms with Crippen LogP contribution in [0.25, 0.3) is 0 Å². The van der Waals surface area contributed by atoms with E-state index >= 15 is 4.79 Å². The number of nitrogens with one attached hydrogen (secondary N) is 2. The maximum atomic E-state index is 15.3. The molecule has 78 heavy (non-hydrogen) atoms. The minimum atomic E-state index is -1.72. The number of rotatable bonds is 20. The third-order valence-electron chi connectivity index (χ3n) is 15.5. The van der Waals surface area contributed by atoms with Gasteiger partial charge in [0.25, 0.3) is 0 Å². The van der Waals surface area contributed by atoms with Crippen molar-refractivity contribution in [2.45, 2.75) is 73.5 Å². The highest BCUT2D eigenvalue weighted by atomic mass is 127. The van der Waals surface area contributed by atoms with Crippen LogP contribution in [0.1, 0.15) is 77.7 Å². The van der Waals surface area contributed by atoms with Gasteiger partial charge in [0.05, 0.1) is 30.7 Å². The normalized spacial score (nSPS) is 26.1. The fourth-order valence-electron chi connectivity index (χ4n) is 12.4. The number of nitrogens with zero attached hydrogens (tertiary/aromatic N) is 3. The van der Waals surface area contributed by atoms with Crippen LogP contribution in [0.5, 0.6) is 11.5 Å². The highest BCUT2D eigenvalue weighted by Crippen LogP contribution is 2.65. The quantitative estimate of drug-likeness (QED) is 0.0242. The number of halogens is 1. The number of cyclic esters (lactones) is 1. The molecule has 0 aromatic heterocycles. The van der Waals surface area contributed by atoms with Crippen molar-refractivity contribution in [3.8, 4) is 11.5 Å². The second-order valence-electron chi connectivity index (χ2n) is 20.5. The molecule has 0 aliphatic carbocycles. The van der Waals surface area contributed by atoms with E-state index in [1.165, 1.54) is 6.08 Å². The summed E-state index contributed by atoms with van der Waals surface area (Å²) < 4.78 is 30.9. The minimum Gasteiger partial charge on any atom is -0.491 e. The first kappa shape index (κ1) is 54.2. The van der Waals surface area contributed by atoms with Crippen molar-refractivity contribution in [2.24, 2.45) is 11.8 Å². The predicted molar refractivity (Wildman–Crippen MR) is 295 cm³/mol. The van der Waals surface area contributed by atoms with Crippen LogP contribution in [0, 0.1) is 15.4 Å². The molecule has 17 nitrogen and oxygen atoms in total. The van der Waals surface area contributed by atoms with E-state index in [0.717, 1.165) is 34.1 Å². The summed E-state index contributed by atoms with van der Waals surface area (Å²) in [4.78, 5) is 92.9. The Hall–Kier alpha value is -7.13. The Balaban J connectivity index is 0.939. The maximum absolute atomic E-state index is 15.3. The zero-order valence-electron chi connectivity index (χ0n) is 43.3. The molecular weight excluding hydrogens is 1110 g/mol. The molecule has 1 spiro atoms. The molecule has 18 heteroatoms. The number of ether oxygens (including phenoxy) is 5. The number of carbonyl (C=O) groups excluding carboxylic acids is 6. The smallest absolute Gasteiger partial charge is 0.325 e. The van der Waals surface area contributed by atoms with Crippen molar-refractivity contribution in [2.75, 3.05) is 59.0 Å². The number of hydrogen-bond acceptors (Lipinski definition) is 14. The Morgan fingerprint density at radius 2 is 1.50 bits per heavy atom. The molecule has 5 aromatic carbocycles. The van der Waals surface area contributed by atoms with E-state index in [0.29, 0.717) is 40.3 Å². The van der Waals surface area contributed by atoms with Crippen LogP contribution >= 0.6 is 22.6 Å². The number of aliphatic hydroxyl groups is 1. The van der Waals surface area contributed by atoms with Crippen molar-refractivity contribution in [1.29, 1.82) is 0 Å². The van der Waals surface area contributed by atoms with Gasteiger partial charge in [-0.1, -0.05) is 97.6 Å². The Bertz CT molecular complexity index is 3050. The molecule has 5 aromatic rings. The van der Waals surface area contributed by atoms with Crippen LogP contribution in [-0.4, -0.2) is 127 Å². The number of morpholine rings is 1. The highest BCUT2D eigenvalue weighted by Gasteiger charge is 2.74. The van der Waals surface area contributed by atoms with Gasteiger partial charge in [-0.3, -0.25) is 33.7 Å². The second kappa shape index (κ2) is 23.5. The van der Waals surface area contributed by atoms with Crippen molar-refractivity contribution in [3.05, 3.63) is 171 Å². The van der Waals surface area contributed by atoms with Crippen LogP contribution in [-0.2, 0) is 48.4 Å². The van der Waals surface area contributed by atoms with Crippen molar-refractivity contribution >= 4 is 63.9 Å². The third-order valence-corrected chi connectivity index (χ3v) is 16.2. The Morgan fingerprint density at radius 1 is 0.782 bits per heavy atom. The van der Waals surface area contributed by atoms with Crippen LogP contribution in [0.4, 0.5) is 5.69 Å². The fourth-order valence-corrected chi connectivity index (χ4v) is 12.9. The standard InChI is InChI=1S/C60H62IN5O12/c1-4-29-76-57(71)48-51-58(72)78-52(37-16-9-6-10-17-37)50(36-14-7-5-8-15-36)66(51)53(60(48)44-34-40(61)23-26-45(44)63-59(60)73)38-21-24-41(25-22-38)75-31-32-77-56(70)43-35-47-54(68)62-46(20-11-12-27-64(2)3)55(69)65(47)49(43)39-18-13-19-42(33-39)74-30-28-67/h4-10,13-19,21-26,33-34,43,46-53,67H,1,11-12,20,27-32,35H2,2-3H3,(H,62,68)(H,63,73)/t43-,46+,47-,48-,49-,50-,51-,52+,53+,60-/m1/s1. The first-order valence-corrected chi connectivity index (χ1v) is 27.4. The van der Waals surface area contributed by atoms with Gasteiger partial charge in [0, 0.05) is 9.26 Å². The van der Waals surface area contributed by atoms with E-state index in [2.05, 4.69) is 44.7 Å². The first-order chi connectivity index (χ1) is 37.8. The van der Waals surface area contributed by atoms with E-state index in [-0.39, 0.29) is 51.3 Å². The zero-order chi connectivity index (χ0) is 54.7. The highest BCUT2D eigenvalue weighted by molar-refractivity contribution is 14.1. The molecule has 3 amide bonds. The van der Waals surface area contributed by atoms with Crippen molar-refractivity contribution in [1.82, 2.24) is 20.0 Å². The van der Waals surface area contributed by atoms with Gasteiger partial charge in [0.1, 0.15) is 73.5 Å². The van der Waals surface area contributed by atoms with Crippen molar-refractivity contribution < 1.29 is 57.6 Å². The SMILES string of the molecule is C=CCOC(=O)[C@H]1[C@@H]2C(=O)O[C@@H](c3ccccc3)[C@@H](c3ccccc3)N2[C@@H](c2ccc(OCCOC(=O)[C@@H]3C[C@@H]4C(=O)N[C@@H](CCCCN(C)C)C(=O)N4[C@@H]3c3cccc(OCCO)c3)cc2)[C@]12C(=O)Nc1ccc(I)cc12. The van der Waals surface area contributed by atoms with Crippen LogP contribution in [0.3, 0.4) is 0 Å². The summed E-state index contributed by atoms with van der Waals surface area (Å²) in [6, 6.07) is 33.2.